The van der Waals surface area contributed by atoms with Gasteiger partial charge in [0.15, 0.2) is 0 Å². The van der Waals surface area contributed by atoms with Crippen LogP contribution in [0, 0.1) is 6.92 Å². The summed E-state index contributed by atoms with van der Waals surface area (Å²) >= 11 is 0. The fourth-order valence-corrected chi connectivity index (χ4v) is 4.80. The van der Waals surface area contributed by atoms with E-state index in [-0.39, 0.29) is 25.0 Å². The van der Waals surface area contributed by atoms with Gasteiger partial charge in [-0.05, 0) is 56.4 Å². The zero-order valence-corrected chi connectivity index (χ0v) is 21.9. The van der Waals surface area contributed by atoms with Gasteiger partial charge in [0.2, 0.25) is 21.8 Å². The van der Waals surface area contributed by atoms with Gasteiger partial charge in [-0.2, -0.15) is 0 Å². The second kappa shape index (κ2) is 12.0. The van der Waals surface area contributed by atoms with Crippen molar-refractivity contribution in [1.82, 2.24) is 10.2 Å². The number of carbonyl (C=O) groups is 2. The van der Waals surface area contributed by atoms with E-state index < -0.39 is 22.0 Å². The summed E-state index contributed by atoms with van der Waals surface area (Å²) in [4.78, 5) is 28.2. The number of nitrogens with zero attached hydrogens (tertiary/aromatic N) is 2. The second-order valence-corrected chi connectivity index (χ2v) is 10.7. The minimum absolute atomic E-state index is 0.0825. The zero-order valence-electron chi connectivity index (χ0n) is 21.0. The second-order valence-electron chi connectivity index (χ2n) is 8.79. The quantitative estimate of drug-likeness (QED) is 0.524. The molecule has 2 aromatic rings. The lowest BCUT2D eigenvalue weighted by Gasteiger charge is -2.34. The van der Waals surface area contributed by atoms with Gasteiger partial charge in [0.1, 0.15) is 12.6 Å². The van der Waals surface area contributed by atoms with Crippen molar-refractivity contribution in [3.05, 3.63) is 65.2 Å². The maximum atomic E-state index is 13.7. The Balaban J connectivity index is 2.49. The predicted molar refractivity (Wildman–Crippen MR) is 137 cm³/mol. The fourth-order valence-electron chi connectivity index (χ4n) is 3.92. The van der Waals surface area contributed by atoms with E-state index in [0.29, 0.717) is 18.5 Å². The zero-order chi connectivity index (χ0) is 25.5. The number of anilines is 1. The molecule has 0 saturated carbocycles. The number of rotatable bonds is 11. The van der Waals surface area contributed by atoms with Crippen LogP contribution in [0.25, 0.3) is 0 Å². The Morgan fingerprint density at radius 2 is 1.56 bits per heavy atom. The van der Waals surface area contributed by atoms with E-state index in [2.05, 4.69) is 5.32 Å². The molecule has 34 heavy (non-hydrogen) atoms. The molecule has 186 valence electrons. The van der Waals surface area contributed by atoms with Crippen LogP contribution in [0.1, 0.15) is 50.8 Å². The molecule has 0 aliphatic carbocycles. The minimum atomic E-state index is -3.75. The molecule has 0 spiro atoms. The lowest BCUT2D eigenvalue weighted by Crippen LogP contribution is -2.53. The number of amides is 2. The Bertz CT molecular complexity index is 1100. The highest BCUT2D eigenvalue weighted by molar-refractivity contribution is 7.92. The lowest BCUT2D eigenvalue weighted by atomic mass is 10.1. The molecule has 0 aliphatic heterocycles. The van der Waals surface area contributed by atoms with Crippen LogP contribution < -0.4 is 9.62 Å². The molecule has 2 amide bonds. The van der Waals surface area contributed by atoms with Crippen LogP contribution in [0.5, 0.6) is 0 Å². The van der Waals surface area contributed by atoms with Crippen LogP contribution in [-0.2, 0) is 32.6 Å². The summed E-state index contributed by atoms with van der Waals surface area (Å²) in [7, 11) is -3.75. The Morgan fingerprint density at radius 1 is 0.971 bits per heavy atom. The topological polar surface area (TPSA) is 86.8 Å². The summed E-state index contributed by atoms with van der Waals surface area (Å²) < 4.78 is 26.7. The van der Waals surface area contributed by atoms with Crippen LogP contribution in [0.3, 0.4) is 0 Å². The normalized spacial score (nSPS) is 12.3. The lowest BCUT2D eigenvalue weighted by molar-refractivity contribution is -0.140. The molecule has 0 radical (unpaired) electrons. The molecule has 0 aliphatic rings. The molecule has 0 aromatic heterocycles. The predicted octanol–water partition coefficient (Wildman–Crippen LogP) is 3.66. The van der Waals surface area contributed by atoms with E-state index in [0.717, 1.165) is 27.3 Å². The first kappa shape index (κ1) is 27.4. The molecule has 1 N–H and O–H groups in total. The molecule has 7 nitrogen and oxygen atoms in total. The van der Waals surface area contributed by atoms with Crippen LogP contribution in [0.15, 0.2) is 48.5 Å². The van der Waals surface area contributed by atoms with E-state index in [9.17, 15) is 18.0 Å². The maximum Gasteiger partial charge on any atom is 0.244 e. The van der Waals surface area contributed by atoms with Gasteiger partial charge in [0.05, 0.1) is 11.9 Å². The molecule has 2 aromatic carbocycles. The van der Waals surface area contributed by atoms with E-state index in [1.165, 1.54) is 4.90 Å². The molecular formula is C26H37N3O4S. The summed E-state index contributed by atoms with van der Waals surface area (Å²) in [5.74, 6) is -0.676. The first-order valence-corrected chi connectivity index (χ1v) is 13.5. The number of aryl methyl sites for hydroxylation is 2. The minimum Gasteiger partial charge on any atom is -0.352 e. The van der Waals surface area contributed by atoms with Gasteiger partial charge in [-0.3, -0.25) is 13.9 Å². The third-order valence-corrected chi connectivity index (χ3v) is 6.87. The molecule has 1 atom stereocenters. The number of sulfonamides is 1. The van der Waals surface area contributed by atoms with Gasteiger partial charge >= 0.3 is 0 Å². The van der Waals surface area contributed by atoms with Crippen LogP contribution in [0.4, 0.5) is 5.69 Å². The standard InChI is InChI=1S/C26H37N3O4S/c1-7-21-14-11-12-16-24(21)29(34(6,32)33)18-25(30)28(17-22-15-10-9-13-20(22)5)23(8-2)26(31)27-19(3)4/h9-16,19,23H,7-8,17-18H2,1-6H3,(H,27,31). The number of hydrogen-bond acceptors (Lipinski definition) is 4. The molecule has 0 fully saturated rings. The Morgan fingerprint density at radius 3 is 2.09 bits per heavy atom. The largest absolute Gasteiger partial charge is 0.352 e. The first-order chi connectivity index (χ1) is 16.0. The third-order valence-electron chi connectivity index (χ3n) is 5.74. The van der Waals surface area contributed by atoms with Crippen molar-refractivity contribution in [1.29, 1.82) is 0 Å². The SMILES string of the molecule is CCc1ccccc1N(CC(=O)N(Cc1ccccc1C)C(CC)C(=O)NC(C)C)S(C)(=O)=O. The fraction of sp³-hybridized carbons (Fsp3) is 0.462. The number of carbonyl (C=O) groups excluding carboxylic acids is 2. The third kappa shape index (κ3) is 7.06. The Hall–Kier alpha value is -2.87. The molecule has 0 bridgehead atoms. The maximum absolute atomic E-state index is 13.7. The van der Waals surface area contributed by atoms with Gasteiger partial charge in [-0.15, -0.1) is 0 Å². The van der Waals surface area contributed by atoms with Gasteiger partial charge in [0.25, 0.3) is 0 Å². The van der Waals surface area contributed by atoms with Gasteiger partial charge in [-0.1, -0.05) is 56.3 Å². The monoisotopic (exact) mass is 487 g/mol. The average molecular weight is 488 g/mol. The molecule has 0 saturated heterocycles. The van der Waals surface area contributed by atoms with Crippen LogP contribution in [0.2, 0.25) is 0 Å². The van der Waals surface area contributed by atoms with Crippen molar-refractivity contribution < 1.29 is 18.0 Å². The van der Waals surface area contributed by atoms with Crippen molar-refractivity contribution in [2.45, 2.75) is 66.1 Å². The molecule has 1 unspecified atom stereocenters. The number of benzene rings is 2. The highest BCUT2D eigenvalue weighted by Crippen LogP contribution is 2.24. The van der Waals surface area contributed by atoms with E-state index in [1.54, 1.807) is 12.1 Å². The van der Waals surface area contributed by atoms with Gasteiger partial charge in [0, 0.05) is 12.6 Å². The highest BCUT2D eigenvalue weighted by Gasteiger charge is 2.32. The Labute approximate surface area is 204 Å². The molecule has 2 rings (SSSR count). The van der Waals surface area contributed by atoms with E-state index >= 15 is 0 Å². The summed E-state index contributed by atoms with van der Waals surface area (Å²) in [6, 6.07) is 14.0. The van der Waals surface area contributed by atoms with E-state index in [1.807, 2.05) is 71.0 Å². The summed E-state index contributed by atoms with van der Waals surface area (Å²) in [5, 5.41) is 2.90. The highest BCUT2D eigenvalue weighted by atomic mass is 32.2. The van der Waals surface area contributed by atoms with Crippen molar-refractivity contribution in [3.63, 3.8) is 0 Å². The first-order valence-electron chi connectivity index (χ1n) is 11.7. The smallest absolute Gasteiger partial charge is 0.244 e. The number of hydrogen-bond donors (Lipinski definition) is 1. The Kier molecular flexibility index (Phi) is 9.67. The van der Waals surface area contributed by atoms with E-state index in [4.69, 9.17) is 0 Å². The number of nitrogens with one attached hydrogen (secondary N) is 1. The van der Waals surface area contributed by atoms with Gasteiger partial charge < -0.3 is 10.2 Å². The van der Waals surface area contributed by atoms with Crippen molar-refractivity contribution in [3.8, 4) is 0 Å². The summed E-state index contributed by atoms with van der Waals surface area (Å²) in [5.41, 5.74) is 3.22. The van der Waals surface area contributed by atoms with Gasteiger partial charge in [-0.25, -0.2) is 8.42 Å². The summed E-state index contributed by atoms with van der Waals surface area (Å²) in [6.45, 7) is 9.30. The van der Waals surface area contributed by atoms with Crippen molar-refractivity contribution in [2.24, 2.45) is 0 Å². The van der Waals surface area contributed by atoms with Crippen LogP contribution >= 0.6 is 0 Å². The molecule has 8 heteroatoms. The molecule has 0 heterocycles. The van der Waals surface area contributed by atoms with Crippen molar-refractivity contribution in [2.75, 3.05) is 17.1 Å². The van der Waals surface area contributed by atoms with Crippen molar-refractivity contribution >= 4 is 27.5 Å². The summed E-state index contributed by atoms with van der Waals surface area (Å²) in [6.07, 6.45) is 2.12. The number of para-hydroxylation sites is 1. The average Bonchev–Trinajstić information content (AvgIpc) is 2.77. The molecular weight excluding hydrogens is 450 g/mol. The van der Waals surface area contributed by atoms with Crippen LogP contribution in [-0.4, -0.2) is 50.0 Å².